The molecule has 1 aliphatic rings. The quantitative estimate of drug-likeness (QED) is 0.398. The minimum atomic E-state index is -0.868. The molecule has 31 heavy (non-hydrogen) atoms. The van der Waals surface area contributed by atoms with E-state index in [1.807, 2.05) is 6.92 Å². The highest BCUT2D eigenvalue weighted by Gasteiger charge is 2.46. The zero-order valence-electron chi connectivity index (χ0n) is 17.8. The Labute approximate surface area is 180 Å². The van der Waals surface area contributed by atoms with E-state index in [0.29, 0.717) is 16.9 Å². The number of ketones is 1. The normalized spacial score (nSPS) is 17.8. The molecule has 164 valence electrons. The number of phenols is 1. The molecular weight excluding hydrogens is 402 g/mol. The number of carbonyl (C=O) groups is 2. The van der Waals surface area contributed by atoms with E-state index in [-0.39, 0.29) is 36.0 Å². The topological polar surface area (TPSA) is 106 Å². The number of ether oxygens (including phenoxy) is 3. The summed E-state index contributed by atoms with van der Waals surface area (Å²) in [4.78, 5) is 27.1. The van der Waals surface area contributed by atoms with Gasteiger partial charge in [0.05, 0.1) is 32.4 Å². The van der Waals surface area contributed by atoms with Crippen LogP contribution in [0.5, 0.6) is 17.2 Å². The summed E-state index contributed by atoms with van der Waals surface area (Å²) >= 11 is 0. The van der Waals surface area contributed by atoms with Crippen molar-refractivity contribution >= 4 is 17.4 Å². The molecule has 2 aromatic rings. The lowest BCUT2D eigenvalue weighted by Crippen LogP contribution is -2.32. The van der Waals surface area contributed by atoms with Crippen LogP contribution in [0.4, 0.5) is 0 Å². The first-order valence-electron chi connectivity index (χ1n) is 9.63. The molecule has 0 aliphatic carbocycles. The Bertz CT molecular complexity index is 1040. The summed E-state index contributed by atoms with van der Waals surface area (Å²) in [6.45, 7) is 2.17. The number of aryl methyl sites for hydroxylation is 1. The molecule has 0 bridgehead atoms. The van der Waals surface area contributed by atoms with Crippen molar-refractivity contribution in [2.75, 3.05) is 34.5 Å². The zero-order valence-corrected chi connectivity index (χ0v) is 17.8. The second-order valence-corrected chi connectivity index (χ2v) is 7.10. The molecule has 1 amide bonds. The summed E-state index contributed by atoms with van der Waals surface area (Å²) in [6.07, 6.45) is 0. The van der Waals surface area contributed by atoms with E-state index in [1.165, 1.54) is 31.3 Å². The third-order valence-electron chi connectivity index (χ3n) is 5.26. The second-order valence-electron chi connectivity index (χ2n) is 7.10. The molecule has 0 saturated carbocycles. The van der Waals surface area contributed by atoms with Crippen molar-refractivity contribution < 1.29 is 34.0 Å². The van der Waals surface area contributed by atoms with Crippen molar-refractivity contribution in [2.24, 2.45) is 0 Å². The highest BCUT2D eigenvalue weighted by Crippen LogP contribution is 2.41. The summed E-state index contributed by atoms with van der Waals surface area (Å²) in [6, 6.07) is 8.67. The van der Waals surface area contributed by atoms with E-state index in [0.717, 1.165) is 5.56 Å². The van der Waals surface area contributed by atoms with Gasteiger partial charge in [-0.05, 0) is 48.4 Å². The minimum absolute atomic E-state index is 0.0431. The molecule has 1 atom stereocenters. The van der Waals surface area contributed by atoms with Crippen LogP contribution >= 0.6 is 0 Å². The van der Waals surface area contributed by atoms with Gasteiger partial charge in [0.15, 0.2) is 11.5 Å². The molecule has 1 saturated heterocycles. The van der Waals surface area contributed by atoms with Gasteiger partial charge in [-0.1, -0.05) is 6.07 Å². The molecule has 1 heterocycles. The van der Waals surface area contributed by atoms with Crippen LogP contribution in [0.2, 0.25) is 0 Å². The number of carbonyl (C=O) groups excluding carboxylic acids is 2. The summed E-state index contributed by atoms with van der Waals surface area (Å²) in [5, 5.41) is 21.0. The van der Waals surface area contributed by atoms with Crippen LogP contribution in [0.25, 0.3) is 5.76 Å². The smallest absolute Gasteiger partial charge is 0.295 e. The average molecular weight is 427 g/mol. The van der Waals surface area contributed by atoms with Gasteiger partial charge >= 0.3 is 0 Å². The number of methoxy groups -OCH3 is 3. The fourth-order valence-electron chi connectivity index (χ4n) is 3.69. The van der Waals surface area contributed by atoms with Crippen LogP contribution < -0.4 is 9.47 Å². The Hall–Kier alpha value is -3.52. The molecule has 1 fully saturated rings. The molecule has 3 rings (SSSR count). The van der Waals surface area contributed by atoms with Gasteiger partial charge < -0.3 is 29.3 Å². The number of aliphatic hydroxyl groups excluding tert-OH is 1. The van der Waals surface area contributed by atoms with Crippen LogP contribution in [0, 0.1) is 6.92 Å². The van der Waals surface area contributed by atoms with Gasteiger partial charge in [0, 0.05) is 19.2 Å². The molecule has 1 aliphatic heterocycles. The molecule has 0 spiro atoms. The van der Waals surface area contributed by atoms with Crippen LogP contribution in [-0.4, -0.2) is 61.3 Å². The first-order valence-corrected chi connectivity index (χ1v) is 9.63. The molecule has 2 N–H and O–H groups in total. The monoisotopic (exact) mass is 427 g/mol. The number of aromatic hydroxyl groups is 1. The van der Waals surface area contributed by atoms with E-state index in [1.54, 1.807) is 31.4 Å². The number of rotatable bonds is 7. The van der Waals surface area contributed by atoms with Crippen LogP contribution in [-0.2, 0) is 14.3 Å². The first kappa shape index (κ1) is 22.2. The van der Waals surface area contributed by atoms with E-state index < -0.39 is 17.7 Å². The predicted molar refractivity (Wildman–Crippen MR) is 113 cm³/mol. The van der Waals surface area contributed by atoms with Gasteiger partial charge in [0.1, 0.15) is 11.5 Å². The average Bonchev–Trinajstić information content (AvgIpc) is 3.02. The van der Waals surface area contributed by atoms with Gasteiger partial charge in [-0.15, -0.1) is 0 Å². The van der Waals surface area contributed by atoms with Crippen molar-refractivity contribution in [1.29, 1.82) is 0 Å². The largest absolute Gasteiger partial charge is 0.507 e. The lowest BCUT2D eigenvalue weighted by atomic mass is 9.94. The van der Waals surface area contributed by atoms with Crippen LogP contribution in [0.1, 0.15) is 22.7 Å². The molecule has 8 heteroatoms. The summed E-state index contributed by atoms with van der Waals surface area (Å²) < 4.78 is 15.5. The molecule has 0 radical (unpaired) electrons. The summed E-state index contributed by atoms with van der Waals surface area (Å²) in [5.74, 6) is -1.07. The number of phenolic OH excluding ortho intramolecular Hbond substituents is 1. The zero-order chi connectivity index (χ0) is 22.7. The maximum atomic E-state index is 13.0. The highest BCUT2D eigenvalue weighted by atomic mass is 16.5. The van der Waals surface area contributed by atoms with Crippen LogP contribution in [0.3, 0.4) is 0 Å². The van der Waals surface area contributed by atoms with Gasteiger partial charge in [0.25, 0.3) is 11.7 Å². The summed E-state index contributed by atoms with van der Waals surface area (Å²) in [5.41, 5.74) is 1.62. The number of Topliss-reactive ketones (excluding diaryl/α,β-unsaturated/α-hetero) is 1. The minimum Gasteiger partial charge on any atom is -0.507 e. The Morgan fingerprint density at radius 3 is 2.35 bits per heavy atom. The number of benzene rings is 2. The van der Waals surface area contributed by atoms with Crippen molar-refractivity contribution in [1.82, 2.24) is 4.90 Å². The standard InChI is InChI=1S/C23H25NO7/c1-13-11-15(6-8-17(13)30-3)21(26)19-20(14-5-7-16(25)18(12-14)31-4)24(9-10-29-2)23(28)22(19)27/h5-8,11-12,20,25-26H,9-10H2,1-4H3/b21-19+/t20-/m0/s1. The number of aliphatic hydroxyl groups is 1. The number of amides is 1. The fraction of sp³-hybridized carbons (Fsp3) is 0.304. The third kappa shape index (κ3) is 4.06. The highest BCUT2D eigenvalue weighted by molar-refractivity contribution is 6.46. The van der Waals surface area contributed by atoms with E-state index in [4.69, 9.17) is 14.2 Å². The van der Waals surface area contributed by atoms with Crippen molar-refractivity contribution in [3.05, 3.63) is 58.7 Å². The molecule has 2 aromatic carbocycles. The Kier molecular flexibility index (Phi) is 6.50. The van der Waals surface area contributed by atoms with Crippen LogP contribution in [0.15, 0.2) is 42.0 Å². The maximum absolute atomic E-state index is 13.0. The maximum Gasteiger partial charge on any atom is 0.295 e. The Morgan fingerprint density at radius 1 is 1.03 bits per heavy atom. The fourth-order valence-corrected chi connectivity index (χ4v) is 3.69. The molecule has 0 aromatic heterocycles. The number of hydrogen-bond donors (Lipinski definition) is 2. The van der Waals surface area contributed by atoms with Gasteiger partial charge in [-0.3, -0.25) is 9.59 Å². The SMILES string of the molecule is COCCN1C(=O)C(=O)/C(=C(/O)c2ccc(OC)c(C)c2)[C@@H]1c1ccc(O)c(OC)c1. The predicted octanol–water partition coefficient (Wildman–Crippen LogP) is 2.79. The Morgan fingerprint density at radius 2 is 1.74 bits per heavy atom. The Balaban J connectivity index is 2.19. The first-order chi connectivity index (χ1) is 14.8. The van der Waals surface area contributed by atoms with Crippen molar-refractivity contribution in [3.8, 4) is 17.2 Å². The summed E-state index contributed by atoms with van der Waals surface area (Å²) in [7, 11) is 4.44. The number of hydrogen-bond acceptors (Lipinski definition) is 7. The van der Waals surface area contributed by atoms with E-state index in [2.05, 4.69) is 0 Å². The van der Waals surface area contributed by atoms with Crippen molar-refractivity contribution in [3.63, 3.8) is 0 Å². The van der Waals surface area contributed by atoms with E-state index >= 15 is 0 Å². The lowest BCUT2D eigenvalue weighted by molar-refractivity contribution is -0.140. The molecule has 8 nitrogen and oxygen atoms in total. The number of likely N-dealkylation sites (tertiary alicyclic amines) is 1. The van der Waals surface area contributed by atoms with Gasteiger partial charge in [-0.25, -0.2) is 0 Å². The number of nitrogens with zero attached hydrogens (tertiary/aromatic N) is 1. The van der Waals surface area contributed by atoms with Crippen molar-refractivity contribution in [2.45, 2.75) is 13.0 Å². The van der Waals surface area contributed by atoms with E-state index in [9.17, 15) is 19.8 Å². The third-order valence-corrected chi connectivity index (χ3v) is 5.26. The van der Waals surface area contributed by atoms with Gasteiger partial charge in [-0.2, -0.15) is 0 Å². The second kappa shape index (κ2) is 9.09. The molecule has 0 unspecified atom stereocenters. The van der Waals surface area contributed by atoms with Gasteiger partial charge in [0.2, 0.25) is 0 Å². The molecular formula is C23H25NO7. The lowest BCUT2D eigenvalue weighted by Gasteiger charge is -2.25.